The Hall–Kier alpha value is -0.120. The largest absolute Gasteiger partial charge is 0.377 e. The van der Waals surface area contributed by atoms with Crippen molar-refractivity contribution in [2.24, 2.45) is 5.41 Å². The quantitative estimate of drug-likeness (QED) is 0.757. The molecule has 0 aromatic rings. The predicted octanol–water partition coefficient (Wildman–Crippen LogP) is 2.51. The summed E-state index contributed by atoms with van der Waals surface area (Å²) in [6.45, 7) is 13.5. The van der Waals surface area contributed by atoms with Crippen molar-refractivity contribution in [3.05, 3.63) is 0 Å². The molecule has 18 heavy (non-hydrogen) atoms. The molecule has 1 rings (SSSR count). The maximum Gasteiger partial charge on any atom is 0.0702 e. The fraction of sp³-hybridized carbons (Fsp3) is 1.00. The van der Waals surface area contributed by atoms with Gasteiger partial charge in [0.15, 0.2) is 0 Å². The second kappa shape index (κ2) is 7.46. The highest BCUT2D eigenvalue weighted by Crippen LogP contribution is 2.22. The zero-order valence-corrected chi connectivity index (χ0v) is 13.0. The van der Waals surface area contributed by atoms with Gasteiger partial charge in [0.25, 0.3) is 0 Å². The molecule has 0 aliphatic carbocycles. The zero-order valence-electron chi connectivity index (χ0n) is 13.0. The van der Waals surface area contributed by atoms with E-state index in [0.717, 1.165) is 19.7 Å². The normalized spacial score (nSPS) is 22.7. The molecular formula is C15H32N2O. The first-order chi connectivity index (χ1) is 8.47. The van der Waals surface area contributed by atoms with E-state index in [1.165, 1.54) is 25.8 Å². The maximum atomic E-state index is 5.73. The van der Waals surface area contributed by atoms with Gasteiger partial charge in [-0.25, -0.2) is 0 Å². The van der Waals surface area contributed by atoms with E-state index >= 15 is 0 Å². The van der Waals surface area contributed by atoms with Gasteiger partial charge in [0.1, 0.15) is 0 Å². The van der Waals surface area contributed by atoms with Gasteiger partial charge in [-0.2, -0.15) is 0 Å². The maximum absolute atomic E-state index is 5.73. The van der Waals surface area contributed by atoms with Crippen molar-refractivity contribution in [1.29, 1.82) is 0 Å². The SMILES string of the molecule is CCN(CCC(NC)C(C)(C)C)CC1CCCO1. The monoisotopic (exact) mass is 256 g/mol. The van der Waals surface area contributed by atoms with E-state index in [2.05, 4.69) is 45.0 Å². The van der Waals surface area contributed by atoms with E-state index in [1.807, 2.05) is 0 Å². The second-order valence-electron chi connectivity index (χ2n) is 6.52. The summed E-state index contributed by atoms with van der Waals surface area (Å²) in [7, 11) is 2.08. The Kier molecular flexibility index (Phi) is 6.61. The van der Waals surface area contributed by atoms with Crippen LogP contribution in [0.25, 0.3) is 0 Å². The van der Waals surface area contributed by atoms with Gasteiger partial charge < -0.3 is 15.0 Å². The van der Waals surface area contributed by atoms with Gasteiger partial charge in [0.05, 0.1) is 6.10 Å². The molecule has 0 amide bonds. The van der Waals surface area contributed by atoms with Gasteiger partial charge >= 0.3 is 0 Å². The van der Waals surface area contributed by atoms with Gasteiger partial charge in [0.2, 0.25) is 0 Å². The molecule has 2 atom stereocenters. The molecule has 0 bridgehead atoms. The average Bonchev–Trinajstić information content (AvgIpc) is 2.79. The van der Waals surface area contributed by atoms with Crippen LogP contribution in [0.4, 0.5) is 0 Å². The second-order valence-corrected chi connectivity index (χ2v) is 6.52. The summed E-state index contributed by atoms with van der Waals surface area (Å²) in [6.07, 6.45) is 4.17. The first kappa shape index (κ1) is 15.9. The number of hydrogen-bond donors (Lipinski definition) is 1. The fourth-order valence-corrected chi connectivity index (χ4v) is 2.78. The lowest BCUT2D eigenvalue weighted by molar-refractivity contribution is 0.0718. The van der Waals surface area contributed by atoms with Gasteiger partial charge in [-0.15, -0.1) is 0 Å². The first-order valence-corrected chi connectivity index (χ1v) is 7.48. The highest BCUT2D eigenvalue weighted by atomic mass is 16.5. The van der Waals surface area contributed by atoms with Crippen molar-refractivity contribution in [2.45, 2.75) is 59.1 Å². The number of ether oxygens (including phenoxy) is 1. The van der Waals surface area contributed by atoms with Crippen LogP contribution in [-0.4, -0.2) is 50.3 Å². The summed E-state index contributed by atoms with van der Waals surface area (Å²) >= 11 is 0. The van der Waals surface area contributed by atoms with E-state index in [1.54, 1.807) is 0 Å². The molecule has 1 aliphatic rings. The van der Waals surface area contributed by atoms with E-state index in [9.17, 15) is 0 Å². The van der Waals surface area contributed by atoms with Crippen molar-refractivity contribution in [2.75, 3.05) is 33.3 Å². The van der Waals surface area contributed by atoms with Crippen LogP contribution in [0.3, 0.4) is 0 Å². The zero-order chi connectivity index (χ0) is 13.6. The Bertz CT molecular complexity index is 219. The smallest absolute Gasteiger partial charge is 0.0702 e. The molecule has 1 aliphatic heterocycles. The summed E-state index contributed by atoms with van der Waals surface area (Å²) < 4.78 is 5.73. The third-order valence-electron chi connectivity index (χ3n) is 4.06. The molecule has 1 saturated heterocycles. The number of rotatable bonds is 7. The minimum atomic E-state index is 0.331. The van der Waals surface area contributed by atoms with E-state index in [-0.39, 0.29) is 0 Å². The Morgan fingerprint density at radius 2 is 2.11 bits per heavy atom. The lowest BCUT2D eigenvalue weighted by Gasteiger charge is -2.33. The Balaban J connectivity index is 2.33. The summed E-state index contributed by atoms with van der Waals surface area (Å²) in [4.78, 5) is 2.53. The Morgan fingerprint density at radius 1 is 1.39 bits per heavy atom. The van der Waals surface area contributed by atoms with Crippen LogP contribution in [0.15, 0.2) is 0 Å². The number of hydrogen-bond acceptors (Lipinski definition) is 3. The minimum Gasteiger partial charge on any atom is -0.377 e. The van der Waals surface area contributed by atoms with E-state index in [0.29, 0.717) is 17.6 Å². The molecule has 3 heteroatoms. The molecule has 0 aromatic heterocycles. The van der Waals surface area contributed by atoms with Crippen molar-refractivity contribution < 1.29 is 4.74 Å². The molecule has 1 N–H and O–H groups in total. The topological polar surface area (TPSA) is 24.5 Å². The summed E-state index contributed by atoms with van der Waals surface area (Å²) in [5.41, 5.74) is 0.331. The third kappa shape index (κ3) is 5.25. The highest BCUT2D eigenvalue weighted by Gasteiger charge is 2.24. The van der Waals surface area contributed by atoms with Crippen LogP contribution in [-0.2, 0) is 4.74 Å². The minimum absolute atomic E-state index is 0.331. The molecule has 1 heterocycles. The standard InChI is InChI=1S/C15H32N2O/c1-6-17(12-13-8-7-11-18-13)10-9-14(16-5)15(2,3)4/h13-14,16H,6-12H2,1-5H3. The van der Waals surface area contributed by atoms with E-state index in [4.69, 9.17) is 4.74 Å². The molecule has 0 spiro atoms. The molecule has 0 saturated carbocycles. The average molecular weight is 256 g/mol. The lowest BCUT2D eigenvalue weighted by Crippen LogP contribution is -2.42. The van der Waals surface area contributed by atoms with Gasteiger partial charge in [-0.05, 0) is 44.8 Å². The number of likely N-dealkylation sites (N-methyl/N-ethyl adjacent to an activating group) is 1. The number of nitrogens with zero attached hydrogens (tertiary/aromatic N) is 1. The summed E-state index contributed by atoms with van der Waals surface area (Å²) in [6, 6.07) is 0.580. The van der Waals surface area contributed by atoms with Crippen molar-refractivity contribution in [3.63, 3.8) is 0 Å². The summed E-state index contributed by atoms with van der Waals surface area (Å²) in [5.74, 6) is 0. The molecule has 3 nitrogen and oxygen atoms in total. The first-order valence-electron chi connectivity index (χ1n) is 7.48. The predicted molar refractivity (Wildman–Crippen MR) is 78.0 cm³/mol. The van der Waals surface area contributed by atoms with Crippen LogP contribution < -0.4 is 5.32 Å². The Morgan fingerprint density at radius 3 is 2.56 bits per heavy atom. The fourth-order valence-electron chi connectivity index (χ4n) is 2.78. The molecule has 2 unspecified atom stereocenters. The van der Waals surface area contributed by atoms with Crippen molar-refractivity contribution in [3.8, 4) is 0 Å². The molecule has 108 valence electrons. The van der Waals surface area contributed by atoms with Crippen molar-refractivity contribution >= 4 is 0 Å². The molecule has 1 fully saturated rings. The van der Waals surface area contributed by atoms with Crippen molar-refractivity contribution in [1.82, 2.24) is 10.2 Å². The highest BCUT2D eigenvalue weighted by molar-refractivity contribution is 4.81. The van der Waals surface area contributed by atoms with Crippen LogP contribution in [0, 0.1) is 5.41 Å². The van der Waals surface area contributed by atoms with Gasteiger partial charge in [-0.3, -0.25) is 0 Å². The Labute approximate surface area is 113 Å². The van der Waals surface area contributed by atoms with Crippen LogP contribution in [0.2, 0.25) is 0 Å². The molecule has 0 aromatic carbocycles. The third-order valence-corrected chi connectivity index (χ3v) is 4.06. The molecule has 0 radical (unpaired) electrons. The number of nitrogens with one attached hydrogen (secondary N) is 1. The molecular weight excluding hydrogens is 224 g/mol. The van der Waals surface area contributed by atoms with Gasteiger partial charge in [-0.1, -0.05) is 27.7 Å². The van der Waals surface area contributed by atoms with E-state index < -0.39 is 0 Å². The lowest BCUT2D eigenvalue weighted by atomic mass is 9.85. The van der Waals surface area contributed by atoms with Crippen LogP contribution >= 0.6 is 0 Å². The van der Waals surface area contributed by atoms with Crippen LogP contribution in [0.5, 0.6) is 0 Å². The summed E-state index contributed by atoms with van der Waals surface area (Å²) in [5, 5.41) is 3.46. The van der Waals surface area contributed by atoms with Crippen LogP contribution in [0.1, 0.15) is 47.0 Å². The van der Waals surface area contributed by atoms with Gasteiger partial charge in [0, 0.05) is 19.2 Å².